The molecule has 0 amide bonds. The van der Waals surface area contributed by atoms with Crippen LogP contribution in [0.5, 0.6) is 0 Å². The summed E-state index contributed by atoms with van der Waals surface area (Å²) < 4.78 is 4.92. The van der Waals surface area contributed by atoms with Crippen LogP contribution in [-0.2, 0) is 21.7 Å². The Kier molecular flexibility index (Phi) is 13.3. The average Bonchev–Trinajstić information content (AvgIpc) is 1.75. The van der Waals surface area contributed by atoms with E-state index in [0.717, 1.165) is 72.4 Å². The molecule has 0 aliphatic carbocycles. The van der Waals surface area contributed by atoms with Crippen molar-refractivity contribution in [2.75, 3.05) is 0 Å². The van der Waals surface area contributed by atoms with Gasteiger partial charge in [-0.15, -0.1) is 0 Å². The predicted octanol–water partition coefficient (Wildman–Crippen LogP) is 21.4. The fourth-order valence-electron chi connectivity index (χ4n) is 12.0. The molecule has 6 nitrogen and oxygen atoms in total. The smallest absolute Gasteiger partial charge is 0.187 e. The lowest BCUT2D eigenvalue weighted by atomic mass is 9.79. The Morgan fingerprint density at radius 1 is 0.310 bits per heavy atom. The van der Waals surface area contributed by atoms with E-state index < -0.39 is 0 Å². The van der Waals surface area contributed by atoms with Gasteiger partial charge in [-0.1, -0.05) is 172 Å². The van der Waals surface area contributed by atoms with E-state index in [1.165, 1.54) is 66.1 Å². The van der Waals surface area contributed by atoms with E-state index in [1.807, 2.05) is 12.1 Å². The van der Waals surface area contributed by atoms with Crippen molar-refractivity contribution in [1.82, 2.24) is 24.1 Å². The minimum Gasteiger partial charge on any atom is -0.309 e. The largest absolute Gasteiger partial charge is 0.309 e. The molecular weight excluding hydrogens is 1020 g/mol. The summed E-state index contributed by atoms with van der Waals surface area (Å²) in [6, 6.07) is 63.0. The van der Waals surface area contributed by atoms with Gasteiger partial charge in [-0.05, 0) is 186 Å². The van der Waals surface area contributed by atoms with Gasteiger partial charge in [0.15, 0.2) is 23.2 Å². The monoisotopic (exact) mass is 1100 g/mol. The Morgan fingerprint density at radius 2 is 0.607 bits per heavy atom. The molecule has 9 aromatic carbocycles. The quantitative estimate of drug-likeness (QED) is 0.149. The van der Waals surface area contributed by atoms with Crippen LogP contribution in [0.25, 0.3) is 116 Å². The molecule has 0 atom stereocenters. The van der Waals surface area contributed by atoms with E-state index in [1.54, 1.807) is 0 Å². The molecule has 0 N–H and O–H groups in total. The second-order valence-electron chi connectivity index (χ2n) is 27.8. The lowest BCUT2D eigenvalue weighted by molar-refractivity contribution is 0.568. The number of aromatic nitrogens is 5. The third kappa shape index (κ3) is 10.2. The lowest BCUT2D eigenvalue weighted by Gasteiger charge is -2.26. The first kappa shape index (κ1) is 55.6. The standard InChI is InChI=1S/C78H76N6/c1-46-18-28-66-60(34-46)61-35-47(2)19-29-67(61)83(66)70-32-24-51(50-22-26-59(79-17)27-23-50)42-64(70)65-43-52(25-33-71(65)84-68-30-20-48(3)36-62(68)63-37-49(4)21-31-69(63)84)72-80-73(53-38-55(75(5,6)7)44-56(39-53)76(8,9)10)82-74(81-72)54-40-57(77(11,12)13)45-58(41-54)78(14,15)16/h18-45H,1-16H3. The van der Waals surface area contributed by atoms with Crippen molar-refractivity contribution in [3.8, 4) is 67.8 Å². The zero-order valence-corrected chi connectivity index (χ0v) is 51.8. The Balaban J connectivity index is 1.23. The Hall–Kier alpha value is -8.92. The molecule has 0 spiro atoms. The third-order valence-electron chi connectivity index (χ3n) is 17.0. The summed E-state index contributed by atoms with van der Waals surface area (Å²) >= 11 is 0. The first-order valence-corrected chi connectivity index (χ1v) is 29.6. The summed E-state index contributed by atoms with van der Waals surface area (Å²) in [7, 11) is 0. The Labute approximate surface area is 496 Å². The molecule has 12 aromatic rings. The van der Waals surface area contributed by atoms with Crippen LogP contribution in [0.15, 0.2) is 170 Å². The lowest BCUT2D eigenvalue weighted by Crippen LogP contribution is -2.17. The summed E-state index contributed by atoms with van der Waals surface area (Å²) in [6.07, 6.45) is 0. The van der Waals surface area contributed by atoms with Gasteiger partial charge < -0.3 is 9.13 Å². The number of fused-ring (bicyclic) bond motifs is 6. The number of aryl methyl sites for hydroxylation is 4. The minimum atomic E-state index is -0.133. The molecule has 0 saturated heterocycles. The second kappa shape index (κ2) is 20.2. The Morgan fingerprint density at radius 3 is 0.929 bits per heavy atom. The molecule has 0 unspecified atom stereocenters. The van der Waals surface area contributed by atoms with Crippen molar-refractivity contribution in [3.63, 3.8) is 0 Å². The van der Waals surface area contributed by atoms with Crippen LogP contribution in [0.4, 0.5) is 5.69 Å². The number of hydrogen-bond acceptors (Lipinski definition) is 3. The maximum atomic E-state index is 7.82. The average molecular weight is 1100 g/mol. The summed E-state index contributed by atoms with van der Waals surface area (Å²) in [6.45, 7) is 43.9. The number of rotatable bonds is 7. The highest BCUT2D eigenvalue weighted by Crippen LogP contribution is 2.45. The van der Waals surface area contributed by atoms with Crippen molar-refractivity contribution >= 4 is 49.3 Å². The molecule has 0 radical (unpaired) electrons. The summed E-state index contributed by atoms with van der Waals surface area (Å²) in [5.41, 5.74) is 23.3. The van der Waals surface area contributed by atoms with E-state index in [9.17, 15) is 0 Å². The zero-order valence-electron chi connectivity index (χ0n) is 51.8. The van der Waals surface area contributed by atoms with Gasteiger partial charge in [-0.25, -0.2) is 19.8 Å². The molecular formula is C78H76N6. The van der Waals surface area contributed by atoms with Crippen LogP contribution in [0.3, 0.4) is 0 Å². The fraction of sp³-hybridized carbons (Fsp3) is 0.256. The number of hydrogen-bond donors (Lipinski definition) is 0. The van der Waals surface area contributed by atoms with E-state index in [0.29, 0.717) is 23.2 Å². The van der Waals surface area contributed by atoms with Crippen LogP contribution in [0.2, 0.25) is 0 Å². The molecule has 0 bridgehead atoms. The van der Waals surface area contributed by atoms with Gasteiger partial charge >= 0.3 is 0 Å². The highest BCUT2D eigenvalue weighted by molar-refractivity contribution is 6.12. The topological polar surface area (TPSA) is 52.9 Å². The van der Waals surface area contributed by atoms with Crippen LogP contribution >= 0.6 is 0 Å². The van der Waals surface area contributed by atoms with E-state index in [2.05, 4.69) is 282 Å². The SMILES string of the molecule is [C-]#[N+]c1ccc(-c2ccc(-n3c4ccc(C)cc4c4cc(C)ccc43)c(-c3cc(-c4nc(-c5cc(C(C)(C)C)cc(C(C)(C)C)c5)nc(-c5cc(C(C)(C)C)cc(C(C)(C)C)c5)n4)ccc3-n3c4ccc(C)cc4c4cc(C)ccc43)c2)cc1. The molecule has 0 aliphatic heterocycles. The molecule has 0 saturated carbocycles. The normalized spacial score (nSPS) is 12.5. The van der Waals surface area contributed by atoms with Gasteiger partial charge in [-0.2, -0.15) is 0 Å². The summed E-state index contributed by atoms with van der Waals surface area (Å²) in [5.74, 6) is 1.85. The van der Waals surface area contributed by atoms with Crippen LogP contribution in [-0.4, -0.2) is 24.1 Å². The third-order valence-corrected chi connectivity index (χ3v) is 17.0. The molecule has 84 heavy (non-hydrogen) atoms. The molecule has 0 aliphatic rings. The van der Waals surface area contributed by atoms with Crippen molar-refractivity contribution in [2.45, 2.75) is 132 Å². The number of nitrogens with zero attached hydrogens (tertiary/aromatic N) is 6. The minimum absolute atomic E-state index is 0.133. The van der Waals surface area contributed by atoms with Crippen LogP contribution < -0.4 is 0 Å². The van der Waals surface area contributed by atoms with Gasteiger partial charge in [0.2, 0.25) is 0 Å². The molecule has 6 heteroatoms. The van der Waals surface area contributed by atoms with Crippen molar-refractivity contribution in [2.24, 2.45) is 0 Å². The second-order valence-corrected chi connectivity index (χ2v) is 27.8. The first-order chi connectivity index (χ1) is 39.7. The van der Waals surface area contributed by atoms with Crippen LogP contribution in [0, 0.1) is 34.3 Å². The maximum Gasteiger partial charge on any atom is 0.187 e. The molecule has 418 valence electrons. The van der Waals surface area contributed by atoms with Gasteiger partial charge in [0.25, 0.3) is 0 Å². The van der Waals surface area contributed by atoms with E-state index >= 15 is 0 Å². The zero-order chi connectivity index (χ0) is 59.5. The van der Waals surface area contributed by atoms with E-state index in [4.69, 9.17) is 21.5 Å². The van der Waals surface area contributed by atoms with Gasteiger partial charge in [-0.3, -0.25) is 0 Å². The van der Waals surface area contributed by atoms with Crippen molar-refractivity contribution in [1.29, 1.82) is 0 Å². The maximum absolute atomic E-state index is 7.82. The van der Waals surface area contributed by atoms with Gasteiger partial charge in [0.05, 0.1) is 40.0 Å². The predicted molar refractivity (Wildman–Crippen MR) is 356 cm³/mol. The number of benzene rings is 9. The fourth-order valence-corrected chi connectivity index (χ4v) is 12.0. The van der Waals surface area contributed by atoms with Gasteiger partial charge in [0, 0.05) is 49.4 Å². The highest BCUT2D eigenvalue weighted by atomic mass is 15.0. The van der Waals surface area contributed by atoms with Crippen molar-refractivity contribution < 1.29 is 0 Å². The molecule has 0 fully saturated rings. The van der Waals surface area contributed by atoms with Gasteiger partial charge in [0.1, 0.15) is 0 Å². The molecule has 12 rings (SSSR count). The summed E-state index contributed by atoms with van der Waals surface area (Å²) in [4.78, 5) is 20.6. The van der Waals surface area contributed by atoms with Crippen LogP contribution in [0.1, 0.15) is 128 Å². The highest BCUT2D eigenvalue weighted by Gasteiger charge is 2.28. The Bertz CT molecular complexity index is 4400. The van der Waals surface area contributed by atoms with Crippen molar-refractivity contribution in [3.05, 3.63) is 226 Å². The molecule has 3 aromatic heterocycles. The summed E-state index contributed by atoms with van der Waals surface area (Å²) in [5, 5.41) is 4.83. The first-order valence-electron chi connectivity index (χ1n) is 29.6. The van der Waals surface area contributed by atoms with E-state index in [-0.39, 0.29) is 21.7 Å². The molecule has 3 heterocycles.